The van der Waals surface area contributed by atoms with E-state index in [9.17, 15) is 0 Å². The van der Waals surface area contributed by atoms with Gasteiger partial charge in [0, 0.05) is 16.6 Å². The second-order valence-corrected chi connectivity index (χ2v) is 4.01. The standard InChI is InChI=1S/C15H12N2.ClH/c16-13-8-5-12(6-9-13)15-10-7-11-3-1-2-4-14(11)17-15;/h1-10H,16H2;1H. The van der Waals surface area contributed by atoms with Gasteiger partial charge in [-0.1, -0.05) is 36.4 Å². The molecular formula is C15H13ClN2. The summed E-state index contributed by atoms with van der Waals surface area (Å²) in [7, 11) is 0. The predicted molar refractivity (Wildman–Crippen MR) is 78.8 cm³/mol. The lowest BCUT2D eigenvalue weighted by atomic mass is 10.1. The van der Waals surface area contributed by atoms with E-state index >= 15 is 0 Å². The molecule has 0 aliphatic rings. The Morgan fingerprint density at radius 1 is 0.778 bits per heavy atom. The highest BCUT2D eigenvalue weighted by Gasteiger charge is 2.00. The van der Waals surface area contributed by atoms with Crippen molar-refractivity contribution >= 4 is 29.0 Å². The molecule has 3 heteroatoms. The Bertz CT molecular complexity index is 663. The topological polar surface area (TPSA) is 38.9 Å². The zero-order valence-electron chi connectivity index (χ0n) is 9.71. The van der Waals surface area contributed by atoms with Crippen LogP contribution in [0.5, 0.6) is 0 Å². The van der Waals surface area contributed by atoms with Crippen molar-refractivity contribution in [3.8, 4) is 11.3 Å². The van der Waals surface area contributed by atoms with Gasteiger partial charge < -0.3 is 5.73 Å². The summed E-state index contributed by atoms with van der Waals surface area (Å²) in [4.78, 5) is 4.63. The normalized spacial score (nSPS) is 10.0. The van der Waals surface area contributed by atoms with Crippen LogP contribution in [0.15, 0.2) is 60.7 Å². The minimum absolute atomic E-state index is 0. The molecule has 18 heavy (non-hydrogen) atoms. The lowest BCUT2D eigenvalue weighted by Crippen LogP contribution is -1.87. The van der Waals surface area contributed by atoms with Crippen molar-refractivity contribution < 1.29 is 0 Å². The van der Waals surface area contributed by atoms with Crippen LogP contribution in [0.4, 0.5) is 5.69 Å². The Balaban J connectivity index is 0.00000120. The number of nitrogen functional groups attached to an aromatic ring is 1. The Morgan fingerprint density at radius 2 is 1.50 bits per heavy atom. The molecule has 0 aliphatic carbocycles. The maximum atomic E-state index is 5.67. The van der Waals surface area contributed by atoms with Crippen LogP contribution in [0, 0.1) is 0 Å². The summed E-state index contributed by atoms with van der Waals surface area (Å²) in [5.74, 6) is 0. The molecule has 2 N–H and O–H groups in total. The third kappa shape index (κ3) is 2.29. The van der Waals surface area contributed by atoms with Gasteiger partial charge in [-0.05, 0) is 24.3 Å². The zero-order valence-corrected chi connectivity index (χ0v) is 10.5. The minimum Gasteiger partial charge on any atom is -0.399 e. The van der Waals surface area contributed by atoms with Crippen LogP contribution in [-0.2, 0) is 0 Å². The van der Waals surface area contributed by atoms with Crippen LogP contribution in [0.3, 0.4) is 0 Å². The number of hydrogen-bond acceptors (Lipinski definition) is 2. The van der Waals surface area contributed by atoms with Crippen LogP contribution >= 0.6 is 12.4 Å². The number of fused-ring (bicyclic) bond motifs is 1. The van der Waals surface area contributed by atoms with Crippen molar-refractivity contribution in [1.82, 2.24) is 4.98 Å². The van der Waals surface area contributed by atoms with Gasteiger partial charge in [-0.15, -0.1) is 12.4 Å². The molecule has 0 amide bonds. The summed E-state index contributed by atoms with van der Waals surface area (Å²) >= 11 is 0. The average Bonchev–Trinajstić information content (AvgIpc) is 2.39. The maximum Gasteiger partial charge on any atom is 0.0709 e. The summed E-state index contributed by atoms with van der Waals surface area (Å²) in [6.45, 7) is 0. The molecule has 0 spiro atoms. The van der Waals surface area contributed by atoms with Gasteiger partial charge in [0.1, 0.15) is 0 Å². The molecule has 0 unspecified atom stereocenters. The Morgan fingerprint density at radius 3 is 2.28 bits per heavy atom. The molecule has 2 aromatic carbocycles. The van der Waals surface area contributed by atoms with Gasteiger partial charge in [0.25, 0.3) is 0 Å². The fourth-order valence-electron chi connectivity index (χ4n) is 1.88. The van der Waals surface area contributed by atoms with Crippen molar-refractivity contribution in [2.24, 2.45) is 0 Å². The Hall–Kier alpha value is -2.06. The van der Waals surface area contributed by atoms with Crippen LogP contribution < -0.4 is 5.73 Å². The second-order valence-electron chi connectivity index (χ2n) is 4.01. The maximum absolute atomic E-state index is 5.67. The molecule has 0 radical (unpaired) electrons. The number of anilines is 1. The molecule has 3 rings (SSSR count). The minimum atomic E-state index is 0. The van der Waals surface area contributed by atoms with Crippen LogP contribution in [0.25, 0.3) is 22.2 Å². The van der Waals surface area contributed by atoms with E-state index in [0.29, 0.717) is 0 Å². The van der Waals surface area contributed by atoms with E-state index < -0.39 is 0 Å². The molecule has 0 bridgehead atoms. The monoisotopic (exact) mass is 256 g/mol. The Kier molecular flexibility index (Phi) is 3.49. The first-order valence-corrected chi connectivity index (χ1v) is 5.55. The molecule has 0 saturated carbocycles. The number of benzene rings is 2. The van der Waals surface area contributed by atoms with Crippen LogP contribution in [0.2, 0.25) is 0 Å². The fourth-order valence-corrected chi connectivity index (χ4v) is 1.88. The van der Waals surface area contributed by atoms with Gasteiger partial charge in [-0.3, -0.25) is 0 Å². The van der Waals surface area contributed by atoms with Crippen molar-refractivity contribution in [2.75, 3.05) is 5.73 Å². The summed E-state index contributed by atoms with van der Waals surface area (Å²) in [5.41, 5.74) is 9.53. The molecule has 2 nitrogen and oxygen atoms in total. The SMILES string of the molecule is Cl.Nc1ccc(-c2ccc3ccccc3n2)cc1. The molecule has 3 aromatic rings. The number of hydrogen-bond donors (Lipinski definition) is 1. The van der Waals surface area contributed by atoms with Gasteiger partial charge >= 0.3 is 0 Å². The predicted octanol–water partition coefficient (Wildman–Crippen LogP) is 3.91. The number of nitrogens with zero attached hydrogens (tertiary/aromatic N) is 1. The highest BCUT2D eigenvalue weighted by Crippen LogP contribution is 2.21. The van der Waals surface area contributed by atoms with E-state index in [1.165, 1.54) is 0 Å². The molecule has 0 atom stereocenters. The van der Waals surface area contributed by atoms with Crippen molar-refractivity contribution in [1.29, 1.82) is 0 Å². The van der Waals surface area contributed by atoms with E-state index in [2.05, 4.69) is 17.1 Å². The van der Waals surface area contributed by atoms with Crippen molar-refractivity contribution in [3.63, 3.8) is 0 Å². The van der Waals surface area contributed by atoms with Gasteiger partial charge in [0.2, 0.25) is 0 Å². The first-order chi connectivity index (χ1) is 8.33. The Labute approximate surface area is 112 Å². The molecular weight excluding hydrogens is 244 g/mol. The third-order valence-electron chi connectivity index (χ3n) is 2.80. The van der Waals surface area contributed by atoms with Crippen molar-refractivity contribution in [2.45, 2.75) is 0 Å². The van der Waals surface area contributed by atoms with Gasteiger partial charge in [0.15, 0.2) is 0 Å². The largest absolute Gasteiger partial charge is 0.399 e. The quantitative estimate of drug-likeness (QED) is 0.671. The number of rotatable bonds is 1. The highest BCUT2D eigenvalue weighted by atomic mass is 35.5. The summed E-state index contributed by atoms with van der Waals surface area (Å²) < 4.78 is 0. The number of halogens is 1. The van der Waals surface area contributed by atoms with Crippen LogP contribution in [-0.4, -0.2) is 4.98 Å². The lowest BCUT2D eigenvalue weighted by Gasteiger charge is -2.03. The van der Waals surface area contributed by atoms with E-state index in [1.54, 1.807) is 0 Å². The zero-order chi connectivity index (χ0) is 11.7. The van der Waals surface area contributed by atoms with Crippen LogP contribution in [0.1, 0.15) is 0 Å². The molecule has 1 heterocycles. The first-order valence-electron chi connectivity index (χ1n) is 5.55. The summed E-state index contributed by atoms with van der Waals surface area (Å²) in [5, 5.41) is 1.16. The summed E-state index contributed by atoms with van der Waals surface area (Å²) in [6, 6.07) is 20.0. The smallest absolute Gasteiger partial charge is 0.0709 e. The summed E-state index contributed by atoms with van der Waals surface area (Å²) in [6.07, 6.45) is 0. The molecule has 0 fully saturated rings. The molecule has 0 saturated heterocycles. The van der Waals surface area contributed by atoms with Gasteiger partial charge in [-0.2, -0.15) is 0 Å². The highest BCUT2D eigenvalue weighted by molar-refractivity contribution is 5.85. The number of para-hydroxylation sites is 1. The first kappa shape index (κ1) is 12.4. The van der Waals surface area contributed by atoms with Gasteiger partial charge in [0.05, 0.1) is 11.2 Å². The average molecular weight is 257 g/mol. The lowest BCUT2D eigenvalue weighted by molar-refractivity contribution is 1.40. The fraction of sp³-hybridized carbons (Fsp3) is 0. The third-order valence-corrected chi connectivity index (χ3v) is 2.80. The molecule has 1 aromatic heterocycles. The van der Waals surface area contributed by atoms with E-state index in [1.807, 2.05) is 48.5 Å². The van der Waals surface area contributed by atoms with E-state index in [-0.39, 0.29) is 12.4 Å². The number of nitrogens with two attached hydrogens (primary N) is 1. The van der Waals surface area contributed by atoms with E-state index in [0.717, 1.165) is 27.8 Å². The number of pyridine rings is 1. The van der Waals surface area contributed by atoms with Crippen molar-refractivity contribution in [3.05, 3.63) is 60.7 Å². The molecule has 0 aliphatic heterocycles. The molecule has 90 valence electrons. The number of aromatic nitrogens is 1. The second kappa shape index (κ2) is 5.07. The van der Waals surface area contributed by atoms with Gasteiger partial charge in [-0.25, -0.2) is 4.98 Å². The van der Waals surface area contributed by atoms with E-state index in [4.69, 9.17) is 5.73 Å².